The quantitative estimate of drug-likeness (QED) is 0.619. The van der Waals surface area contributed by atoms with Gasteiger partial charge in [0.1, 0.15) is 5.60 Å². The highest BCUT2D eigenvalue weighted by Crippen LogP contribution is 2.16. The minimum absolute atomic E-state index is 0.421. The van der Waals surface area contributed by atoms with E-state index >= 15 is 0 Å². The van der Waals surface area contributed by atoms with Crippen molar-refractivity contribution in [2.45, 2.75) is 65.5 Å². The lowest BCUT2D eigenvalue weighted by atomic mass is 10.00. The molecule has 0 spiro atoms. The number of likely N-dealkylation sites (tertiary alicyclic amines) is 1. The fourth-order valence-corrected chi connectivity index (χ4v) is 2.24. The second-order valence-corrected chi connectivity index (χ2v) is 7.85. The molecule has 0 aromatic carbocycles. The van der Waals surface area contributed by atoms with Gasteiger partial charge in [-0.25, -0.2) is 4.79 Å². The van der Waals surface area contributed by atoms with Crippen LogP contribution in [0.5, 0.6) is 0 Å². The molecule has 0 radical (unpaired) electrons. The van der Waals surface area contributed by atoms with Crippen LogP contribution in [-0.4, -0.2) is 47.7 Å². The molecule has 1 rings (SSSR count). The smallest absolute Gasteiger partial charge is 0.408 e. The number of hydrogen-bond acceptors (Lipinski definition) is 3. The standard InChI is InChI=1S/C16H32N4O2/c1-12-7-9-20(10-8-12)13(17)18-11-16(5,6)19-14(21)22-15(2,3)4/h12H,7-11H2,1-6H3,(H2,17,18)(H,19,21). The topological polar surface area (TPSA) is 80.0 Å². The summed E-state index contributed by atoms with van der Waals surface area (Å²) < 4.78 is 5.27. The number of piperidine rings is 1. The van der Waals surface area contributed by atoms with Gasteiger partial charge < -0.3 is 20.7 Å². The molecule has 1 aliphatic rings. The highest BCUT2D eigenvalue weighted by molar-refractivity contribution is 5.78. The Bertz CT molecular complexity index is 405. The maximum atomic E-state index is 11.8. The normalized spacial score (nSPS) is 18.3. The Morgan fingerprint density at radius 1 is 1.27 bits per heavy atom. The van der Waals surface area contributed by atoms with Crippen molar-refractivity contribution in [3.63, 3.8) is 0 Å². The first-order valence-corrected chi connectivity index (χ1v) is 8.04. The first-order valence-electron chi connectivity index (χ1n) is 8.04. The lowest BCUT2D eigenvalue weighted by molar-refractivity contribution is 0.0476. The molecule has 22 heavy (non-hydrogen) atoms. The van der Waals surface area contributed by atoms with Gasteiger partial charge in [-0.2, -0.15) is 0 Å². The van der Waals surface area contributed by atoms with Crippen LogP contribution < -0.4 is 11.1 Å². The molecular formula is C16H32N4O2. The molecule has 0 aromatic rings. The van der Waals surface area contributed by atoms with E-state index in [-0.39, 0.29) is 0 Å². The van der Waals surface area contributed by atoms with E-state index in [9.17, 15) is 4.79 Å². The second kappa shape index (κ2) is 7.20. The number of nitrogens with one attached hydrogen (secondary N) is 1. The monoisotopic (exact) mass is 312 g/mol. The van der Waals surface area contributed by atoms with Gasteiger partial charge in [-0.1, -0.05) is 6.92 Å². The fourth-order valence-electron chi connectivity index (χ4n) is 2.24. The number of rotatable bonds is 3. The average Bonchev–Trinajstić information content (AvgIpc) is 2.33. The molecular weight excluding hydrogens is 280 g/mol. The van der Waals surface area contributed by atoms with E-state index in [2.05, 4.69) is 22.1 Å². The molecule has 0 atom stereocenters. The van der Waals surface area contributed by atoms with Crippen LogP contribution in [0, 0.1) is 5.92 Å². The molecule has 0 aromatic heterocycles. The summed E-state index contributed by atoms with van der Waals surface area (Å²) in [5, 5.41) is 2.84. The summed E-state index contributed by atoms with van der Waals surface area (Å²) in [6.45, 7) is 13.9. The van der Waals surface area contributed by atoms with Gasteiger partial charge in [-0.15, -0.1) is 0 Å². The molecule has 1 heterocycles. The van der Waals surface area contributed by atoms with Crippen LogP contribution in [0.15, 0.2) is 4.99 Å². The van der Waals surface area contributed by atoms with E-state index in [1.807, 2.05) is 34.6 Å². The van der Waals surface area contributed by atoms with Gasteiger partial charge in [0.15, 0.2) is 5.96 Å². The lowest BCUT2D eigenvalue weighted by Crippen LogP contribution is -2.49. The predicted molar refractivity (Wildman–Crippen MR) is 89.9 cm³/mol. The molecule has 0 saturated carbocycles. The highest BCUT2D eigenvalue weighted by Gasteiger charge is 2.25. The van der Waals surface area contributed by atoms with Crippen LogP contribution in [-0.2, 0) is 4.74 Å². The number of alkyl carbamates (subject to hydrolysis) is 1. The van der Waals surface area contributed by atoms with Crippen LogP contribution in [0.3, 0.4) is 0 Å². The molecule has 0 aliphatic carbocycles. The highest BCUT2D eigenvalue weighted by atomic mass is 16.6. The molecule has 1 fully saturated rings. The van der Waals surface area contributed by atoms with E-state index < -0.39 is 17.2 Å². The largest absolute Gasteiger partial charge is 0.444 e. The summed E-state index contributed by atoms with van der Waals surface area (Å²) in [5.74, 6) is 1.32. The molecule has 0 unspecified atom stereocenters. The van der Waals surface area contributed by atoms with Crippen LogP contribution in [0.1, 0.15) is 54.4 Å². The summed E-state index contributed by atoms with van der Waals surface area (Å²) in [6.07, 6.45) is 1.86. The average molecular weight is 312 g/mol. The predicted octanol–water partition coefficient (Wildman–Crippen LogP) is 2.34. The Morgan fingerprint density at radius 3 is 2.32 bits per heavy atom. The number of amides is 1. The Kier molecular flexibility index (Phi) is 6.08. The van der Waals surface area contributed by atoms with Gasteiger partial charge in [-0.05, 0) is 53.4 Å². The Balaban J connectivity index is 2.49. The minimum Gasteiger partial charge on any atom is -0.444 e. The SMILES string of the molecule is CC1CCN(C(N)=NCC(C)(C)NC(=O)OC(C)(C)C)CC1. The van der Waals surface area contributed by atoms with Crippen LogP contribution in [0.4, 0.5) is 4.79 Å². The minimum atomic E-state index is -0.507. The van der Waals surface area contributed by atoms with Crippen LogP contribution in [0.2, 0.25) is 0 Å². The van der Waals surface area contributed by atoms with Crippen molar-refractivity contribution in [3.05, 3.63) is 0 Å². The summed E-state index contributed by atoms with van der Waals surface area (Å²) in [7, 11) is 0. The van der Waals surface area contributed by atoms with Gasteiger partial charge in [-0.3, -0.25) is 4.99 Å². The number of carbonyl (C=O) groups excluding carboxylic acids is 1. The lowest BCUT2D eigenvalue weighted by Gasteiger charge is -2.32. The third-order valence-electron chi connectivity index (χ3n) is 3.58. The van der Waals surface area contributed by atoms with E-state index in [4.69, 9.17) is 10.5 Å². The molecule has 1 saturated heterocycles. The van der Waals surface area contributed by atoms with Crippen LogP contribution >= 0.6 is 0 Å². The van der Waals surface area contributed by atoms with E-state index in [0.717, 1.165) is 31.8 Å². The number of guanidine groups is 1. The molecule has 3 N–H and O–H groups in total. The van der Waals surface area contributed by atoms with Crippen molar-refractivity contribution in [2.75, 3.05) is 19.6 Å². The Morgan fingerprint density at radius 2 is 1.82 bits per heavy atom. The first kappa shape index (κ1) is 18.6. The third kappa shape index (κ3) is 7.00. The van der Waals surface area contributed by atoms with Crippen molar-refractivity contribution in [1.82, 2.24) is 10.2 Å². The number of carbonyl (C=O) groups is 1. The summed E-state index contributed by atoms with van der Waals surface area (Å²) in [6, 6.07) is 0. The Hall–Kier alpha value is -1.46. The fraction of sp³-hybridized carbons (Fsp3) is 0.875. The molecule has 1 aliphatic heterocycles. The first-order chi connectivity index (χ1) is 9.98. The number of aliphatic imine (C=N–C) groups is 1. The van der Waals surface area contributed by atoms with Gasteiger partial charge >= 0.3 is 6.09 Å². The zero-order chi connectivity index (χ0) is 17.0. The number of ether oxygens (including phenoxy) is 1. The third-order valence-corrected chi connectivity index (χ3v) is 3.58. The van der Waals surface area contributed by atoms with Crippen molar-refractivity contribution in [3.8, 4) is 0 Å². The van der Waals surface area contributed by atoms with Crippen molar-refractivity contribution in [1.29, 1.82) is 0 Å². The summed E-state index contributed by atoms with van der Waals surface area (Å²) in [4.78, 5) is 18.4. The van der Waals surface area contributed by atoms with Crippen molar-refractivity contribution in [2.24, 2.45) is 16.6 Å². The second-order valence-electron chi connectivity index (χ2n) is 7.85. The van der Waals surface area contributed by atoms with Crippen molar-refractivity contribution >= 4 is 12.1 Å². The zero-order valence-corrected chi connectivity index (χ0v) is 14.9. The molecule has 6 nitrogen and oxygen atoms in total. The Labute approximate surface area is 134 Å². The van der Waals surface area contributed by atoms with Crippen molar-refractivity contribution < 1.29 is 9.53 Å². The summed E-state index contributed by atoms with van der Waals surface area (Å²) in [5.41, 5.74) is 5.05. The number of nitrogens with two attached hydrogens (primary N) is 1. The van der Waals surface area contributed by atoms with Gasteiger partial charge in [0.05, 0.1) is 12.1 Å². The molecule has 6 heteroatoms. The maximum Gasteiger partial charge on any atom is 0.408 e. The van der Waals surface area contributed by atoms with Gasteiger partial charge in [0.2, 0.25) is 0 Å². The number of hydrogen-bond donors (Lipinski definition) is 2. The summed E-state index contributed by atoms with van der Waals surface area (Å²) >= 11 is 0. The zero-order valence-electron chi connectivity index (χ0n) is 14.9. The molecule has 1 amide bonds. The molecule has 128 valence electrons. The van der Waals surface area contributed by atoms with Crippen LogP contribution in [0.25, 0.3) is 0 Å². The molecule has 0 bridgehead atoms. The van der Waals surface area contributed by atoms with Gasteiger partial charge in [0, 0.05) is 13.1 Å². The number of nitrogens with zero attached hydrogens (tertiary/aromatic N) is 2. The van der Waals surface area contributed by atoms with E-state index in [1.165, 1.54) is 0 Å². The maximum absolute atomic E-state index is 11.8. The van der Waals surface area contributed by atoms with E-state index in [1.54, 1.807) is 0 Å². The van der Waals surface area contributed by atoms with E-state index in [0.29, 0.717) is 12.5 Å². The van der Waals surface area contributed by atoms with Gasteiger partial charge in [0.25, 0.3) is 0 Å².